The fourth-order valence-corrected chi connectivity index (χ4v) is 3.09. The van der Waals surface area contributed by atoms with Crippen LogP contribution in [0.4, 0.5) is 0 Å². The number of carbonyl (C=O) groups excluding carboxylic acids is 1. The Hall–Kier alpha value is -0.750. The summed E-state index contributed by atoms with van der Waals surface area (Å²) in [6.45, 7) is 6.96. The predicted molar refractivity (Wildman–Crippen MR) is 77.4 cm³/mol. The highest BCUT2D eigenvalue weighted by Gasteiger charge is 2.27. The summed E-state index contributed by atoms with van der Waals surface area (Å²) in [7, 11) is 0. The lowest BCUT2D eigenvalue weighted by Gasteiger charge is -2.29. The maximum absolute atomic E-state index is 12.1. The van der Waals surface area contributed by atoms with Gasteiger partial charge < -0.3 is 15.7 Å². The number of aliphatic carboxylic acids is 1. The zero-order valence-electron chi connectivity index (χ0n) is 11.9. The molecule has 5 nitrogen and oxygen atoms in total. The van der Waals surface area contributed by atoms with Crippen molar-refractivity contribution < 1.29 is 14.7 Å². The van der Waals surface area contributed by atoms with Gasteiger partial charge >= 0.3 is 5.97 Å². The normalized spacial score (nSPS) is 21.7. The van der Waals surface area contributed by atoms with Crippen LogP contribution >= 0.6 is 11.8 Å². The van der Waals surface area contributed by atoms with Crippen molar-refractivity contribution in [1.29, 1.82) is 0 Å². The molecular formula is C13H24N2O3S. The van der Waals surface area contributed by atoms with Gasteiger partial charge in [0, 0.05) is 24.1 Å². The molecule has 0 aliphatic carbocycles. The van der Waals surface area contributed by atoms with E-state index < -0.39 is 5.97 Å². The Bertz CT molecular complexity index is 322. The van der Waals surface area contributed by atoms with Gasteiger partial charge in [0.25, 0.3) is 0 Å². The largest absolute Gasteiger partial charge is 0.481 e. The van der Waals surface area contributed by atoms with Crippen LogP contribution in [0, 0.1) is 5.41 Å². The lowest BCUT2D eigenvalue weighted by atomic mass is 9.87. The van der Waals surface area contributed by atoms with E-state index in [1.165, 1.54) is 0 Å². The van der Waals surface area contributed by atoms with Crippen molar-refractivity contribution in [2.75, 3.05) is 18.1 Å². The number of carboxylic acids is 1. The molecule has 1 aliphatic rings. The van der Waals surface area contributed by atoms with Crippen molar-refractivity contribution in [3.05, 3.63) is 0 Å². The predicted octanol–water partition coefficient (Wildman–Crippen LogP) is 1.09. The molecule has 1 amide bonds. The molecule has 1 fully saturated rings. The van der Waals surface area contributed by atoms with E-state index in [2.05, 4.69) is 10.6 Å². The Morgan fingerprint density at radius 1 is 1.47 bits per heavy atom. The monoisotopic (exact) mass is 288 g/mol. The molecule has 1 saturated heterocycles. The Labute approximate surface area is 118 Å². The Balaban J connectivity index is 2.54. The molecule has 0 bridgehead atoms. The van der Waals surface area contributed by atoms with Gasteiger partial charge in [0.2, 0.25) is 5.91 Å². The Morgan fingerprint density at radius 2 is 2.16 bits per heavy atom. The van der Waals surface area contributed by atoms with Gasteiger partial charge in [-0.2, -0.15) is 11.8 Å². The van der Waals surface area contributed by atoms with Gasteiger partial charge in [-0.3, -0.25) is 9.59 Å². The van der Waals surface area contributed by atoms with Crippen LogP contribution in [-0.2, 0) is 9.59 Å². The van der Waals surface area contributed by atoms with Gasteiger partial charge in [0.1, 0.15) is 0 Å². The SMILES string of the molecule is CC(C)(C)CC(CC(=O)O)NC(=O)C1CSCCN1. The summed E-state index contributed by atoms with van der Waals surface area (Å²) < 4.78 is 0. The standard InChI is InChI=1S/C13H24N2O3S/c1-13(2,3)7-9(6-11(16)17)15-12(18)10-8-19-5-4-14-10/h9-10,14H,4-8H2,1-3H3,(H,15,18)(H,16,17). The van der Waals surface area contributed by atoms with E-state index in [9.17, 15) is 9.59 Å². The van der Waals surface area contributed by atoms with E-state index in [1.54, 1.807) is 11.8 Å². The first-order valence-corrected chi connectivity index (χ1v) is 7.77. The molecule has 1 aliphatic heterocycles. The van der Waals surface area contributed by atoms with Crippen molar-refractivity contribution in [3.63, 3.8) is 0 Å². The molecule has 0 saturated carbocycles. The minimum Gasteiger partial charge on any atom is -0.481 e. The van der Waals surface area contributed by atoms with E-state index >= 15 is 0 Å². The molecule has 110 valence electrons. The van der Waals surface area contributed by atoms with Crippen LogP contribution in [0.3, 0.4) is 0 Å². The van der Waals surface area contributed by atoms with Crippen LogP contribution in [0.2, 0.25) is 0 Å². The molecule has 0 spiro atoms. The van der Waals surface area contributed by atoms with Crippen LogP contribution in [0.15, 0.2) is 0 Å². The minimum atomic E-state index is -0.875. The Morgan fingerprint density at radius 3 is 2.63 bits per heavy atom. The third-order valence-corrected chi connectivity index (χ3v) is 3.93. The van der Waals surface area contributed by atoms with Crippen molar-refractivity contribution in [2.45, 2.75) is 45.7 Å². The zero-order chi connectivity index (χ0) is 14.5. The highest BCUT2D eigenvalue weighted by Crippen LogP contribution is 2.22. The summed E-state index contributed by atoms with van der Waals surface area (Å²) >= 11 is 1.75. The van der Waals surface area contributed by atoms with E-state index in [4.69, 9.17) is 5.11 Å². The molecule has 3 N–H and O–H groups in total. The van der Waals surface area contributed by atoms with E-state index in [0.717, 1.165) is 18.1 Å². The maximum Gasteiger partial charge on any atom is 0.305 e. The number of carboxylic acid groups (broad SMARTS) is 1. The fraction of sp³-hybridized carbons (Fsp3) is 0.846. The van der Waals surface area contributed by atoms with Gasteiger partial charge in [0.15, 0.2) is 0 Å². The maximum atomic E-state index is 12.1. The molecular weight excluding hydrogens is 264 g/mol. The van der Waals surface area contributed by atoms with Crippen LogP contribution in [0.25, 0.3) is 0 Å². The highest BCUT2D eigenvalue weighted by molar-refractivity contribution is 7.99. The molecule has 6 heteroatoms. The number of nitrogens with one attached hydrogen (secondary N) is 2. The van der Waals surface area contributed by atoms with Crippen LogP contribution in [-0.4, -0.2) is 47.1 Å². The minimum absolute atomic E-state index is 0.0118. The van der Waals surface area contributed by atoms with Gasteiger partial charge in [-0.15, -0.1) is 0 Å². The highest BCUT2D eigenvalue weighted by atomic mass is 32.2. The third-order valence-electron chi connectivity index (χ3n) is 2.86. The summed E-state index contributed by atoms with van der Waals surface area (Å²) in [5.41, 5.74) is -0.0118. The van der Waals surface area contributed by atoms with Gasteiger partial charge in [0.05, 0.1) is 12.5 Å². The molecule has 0 aromatic carbocycles. The smallest absolute Gasteiger partial charge is 0.305 e. The van der Waals surface area contributed by atoms with Gasteiger partial charge in [-0.25, -0.2) is 0 Å². The first-order chi connectivity index (χ1) is 8.78. The number of rotatable bonds is 5. The van der Waals surface area contributed by atoms with Crippen molar-refractivity contribution in [1.82, 2.24) is 10.6 Å². The second-order valence-electron chi connectivity index (χ2n) is 6.15. The lowest BCUT2D eigenvalue weighted by molar-refractivity contribution is -0.138. The zero-order valence-corrected chi connectivity index (χ0v) is 12.7. The van der Waals surface area contributed by atoms with E-state index in [1.807, 2.05) is 20.8 Å². The molecule has 0 aromatic heterocycles. The summed E-state index contributed by atoms with van der Waals surface area (Å²) in [6, 6.07) is -0.506. The first kappa shape index (κ1) is 16.3. The van der Waals surface area contributed by atoms with E-state index in [0.29, 0.717) is 6.42 Å². The third kappa shape index (κ3) is 6.82. The summed E-state index contributed by atoms with van der Waals surface area (Å²) in [4.78, 5) is 23.0. The van der Waals surface area contributed by atoms with E-state index in [-0.39, 0.29) is 29.8 Å². The molecule has 2 atom stereocenters. The second-order valence-corrected chi connectivity index (χ2v) is 7.30. The van der Waals surface area contributed by atoms with Crippen molar-refractivity contribution in [2.24, 2.45) is 5.41 Å². The molecule has 1 rings (SSSR count). The lowest BCUT2D eigenvalue weighted by Crippen LogP contribution is -2.52. The van der Waals surface area contributed by atoms with Crippen molar-refractivity contribution >= 4 is 23.6 Å². The molecule has 19 heavy (non-hydrogen) atoms. The molecule has 1 heterocycles. The first-order valence-electron chi connectivity index (χ1n) is 6.61. The number of amides is 1. The number of thioether (sulfide) groups is 1. The summed E-state index contributed by atoms with van der Waals surface area (Å²) in [5, 5.41) is 15.0. The molecule has 0 aromatic rings. The van der Waals surface area contributed by atoms with Gasteiger partial charge in [-0.1, -0.05) is 20.8 Å². The Kier molecular flexibility index (Phi) is 6.13. The average molecular weight is 288 g/mol. The van der Waals surface area contributed by atoms with Gasteiger partial charge in [-0.05, 0) is 11.8 Å². The summed E-state index contributed by atoms with van der Waals surface area (Å²) in [6.07, 6.45) is 0.633. The second kappa shape index (κ2) is 7.14. The summed E-state index contributed by atoms with van der Waals surface area (Å²) in [5.74, 6) is 0.814. The molecule has 0 radical (unpaired) electrons. The van der Waals surface area contributed by atoms with Crippen molar-refractivity contribution in [3.8, 4) is 0 Å². The quantitative estimate of drug-likeness (QED) is 0.706. The topological polar surface area (TPSA) is 78.4 Å². The van der Waals surface area contributed by atoms with Crippen LogP contribution in [0.5, 0.6) is 0 Å². The van der Waals surface area contributed by atoms with Crippen LogP contribution in [0.1, 0.15) is 33.6 Å². The molecule has 2 unspecified atom stereocenters. The average Bonchev–Trinajstić information content (AvgIpc) is 2.26. The fourth-order valence-electron chi connectivity index (χ4n) is 2.16. The number of carbonyl (C=O) groups is 2. The number of hydrogen-bond donors (Lipinski definition) is 3. The van der Waals surface area contributed by atoms with Crippen LogP contribution < -0.4 is 10.6 Å². The number of hydrogen-bond acceptors (Lipinski definition) is 4.